The second-order valence-electron chi connectivity index (χ2n) is 5.79. The SMILES string of the molecule is O=C(NCCN1C(=O)S/C(=C\c2ccc3c(c2)OCO3)C1=O)c1cnccn1. The standard InChI is InChI=1S/C18H14N4O5S/c23-16(12-9-19-3-4-20-12)21-5-6-22-17(24)15(28-18(22)25)8-11-1-2-13-14(7-11)27-10-26-13/h1-4,7-9H,5-6,10H2,(H,21,23)/b15-8-. The topological polar surface area (TPSA) is 111 Å². The van der Waals surface area contributed by atoms with Crippen LogP contribution in [0.5, 0.6) is 11.5 Å². The summed E-state index contributed by atoms with van der Waals surface area (Å²) >= 11 is 0.857. The molecule has 28 heavy (non-hydrogen) atoms. The first-order valence-electron chi connectivity index (χ1n) is 8.31. The summed E-state index contributed by atoms with van der Waals surface area (Å²) in [5, 5.41) is 2.23. The first kappa shape index (κ1) is 18.0. The molecule has 10 heteroatoms. The van der Waals surface area contributed by atoms with Gasteiger partial charge in [0.05, 0.1) is 11.1 Å². The maximum Gasteiger partial charge on any atom is 0.293 e. The molecule has 2 aliphatic heterocycles. The Morgan fingerprint density at radius 1 is 1.25 bits per heavy atom. The van der Waals surface area contributed by atoms with E-state index in [0.29, 0.717) is 16.4 Å². The molecule has 1 aromatic carbocycles. The van der Waals surface area contributed by atoms with Crippen molar-refractivity contribution in [3.05, 3.63) is 53.0 Å². The van der Waals surface area contributed by atoms with Crippen LogP contribution in [0.3, 0.4) is 0 Å². The Bertz CT molecular complexity index is 979. The van der Waals surface area contributed by atoms with E-state index in [9.17, 15) is 14.4 Å². The minimum atomic E-state index is -0.420. The van der Waals surface area contributed by atoms with E-state index in [1.54, 1.807) is 24.3 Å². The third-order valence-corrected chi connectivity index (χ3v) is 4.89. The third-order valence-electron chi connectivity index (χ3n) is 3.98. The van der Waals surface area contributed by atoms with E-state index in [1.165, 1.54) is 18.6 Å². The molecule has 0 saturated carbocycles. The van der Waals surface area contributed by atoms with Crippen LogP contribution in [-0.2, 0) is 4.79 Å². The lowest BCUT2D eigenvalue weighted by molar-refractivity contribution is -0.122. The molecule has 1 aromatic heterocycles. The third kappa shape index (κ3) is 3.67. The van der Waals surface area contributed by atoms with E-state index in [4.69, 9.17) is 9.47 Å². The normalized spacial score (nSPS) is 16.7. The van der Waals surface area contributed by atoms with Gasteiger partial charge in [0.1, 0.15) is 5.69 Å². The summed E-state index contributed by atoms with van der Waals surface area (Å²) in [6.45, 7) is 0.343. The summed E-state index contributed by atoms with van der Waals surface area (Å²) in [7, 11) is 0. The Balaban J connectivity index is 1.38. The lowest BCUT2D eigenvalue weighted by Gasteiger charge is -2.12. The van der Waals surface area contributed by atoms with Gasteiger partial charge in [-0.2, -0.15) is 0 Å². The number of amides is 3. The van der Waals surface area contributed by atoms with Crippen LogP contribution >= 0.6 is 11.8 Å². The molecule has 0 unspecified atom stereocenters. The quantitative estimate of drug-likeness (QED) is 0.758. The number of nitrogens with one attached hydrogen (secondary N) is 1. The zero-order valence-electron chi connectivity index (χ0n) is 14.5. The molecular weight excluding hydrogens is 384 g/mol. The van der Waals surface area contributed by atoms with Crippen LogP contribution in [0.2, 0.25) is 0 Å². The summed E-state index contributed by atoms with van der Waals surface area (Å²) in [6, 6.07) is 5.28. The number of ether oxygens (including phenoxy) is 2. The number of hydrogen-bond acceptors (Lipinski definition) is 8. The largest absolute Gasteiger partial charge is 0.454 e. The lowest BCUT2D eigenvalue weighted by atomic mass is 10.2. The van der Waals surface area contributed by atoms with Crippen molar-refractivity contribution in [2.45, 2.75) is 0 Å². The van der Waals surface area contributed by atoms with Crippen molar-refractivity contribution < 1.29 is 23.9 Å². The molecule has 2 aromatic rings. The molecule has 0 aliphatic carbocycles. The molecule has 0 bridgehead atoms. The fourth-order valence-corrected chi connectivity index (χ4v) is 3.50. The highest BCUT2D eigenvalue weighted by molar-refractivity contribution is 8.18. The molecule has 142 valence electrons. The van der Waals surface area contributed by atoms with Gasteiger partial charge in [-0.05, 0) is 35.5 Å². The Kier molecular flexibility index (Phi) is 4.94. The van der Waals surface area contributed by atoms with Crippen molar-refractivity contribution in [1.29, 1.82) is 0 Å². The van der Waals surface area contributed by atoms with E-state index in [0.717, 1.165) is 22.2 Å². The van der Waals surface area contributed by atoms with Crippen molar-refractivity contribution in [2.75, 3.05) is 19.9 Å². The molecule has 3 amide bonds. The van der Waals surface area contributed by atoms with E-state index >= 15 is 0 Å². The van der Waals surface area contributed by atoms with Crippen LogP contribution in [-0.4, -0.2) is 51.8 Å². The lowest BCUT2D eigenvalue weighted by Crippen LogP contribution is -2.37. The number of nitrogens with zero attached hydrogens (tertiary/aromatic N) is 3. The molecule has 4 rings (SSSR count). The van der Waals surface area contributed by atoms with Crippen LogP contribution < -0.4 is 14.8 Å². The number of carbonyl (C=O) groups is 3. The summed E-state index contributed by atoms with van der Waals surface area (Å²) < 4.78 is 10.6. The highest BCUT2D eigenvalue weighted by atomic mass is 32.2. The second kappa shape index (κ2) is 7.69. The van der Waals surface area contributed by atoms with E-state index in [-0.39, 0.29) is 30.8 Å². The van der Waals surface area contributed by atoms with Crippen molar-refractivity contribution in [2.24, 2.45) is 0 Å². The van der Waals surface area contributed by atoms with Crippen molar-refractivity contribution in [3.63, 3.8) is 0 Å². The Hall–Kier alpha value is -3.40. The predicted octanol–water partition coefficient (Wildman–Crippen LogP) is 1.67. The number of carbonyl (C=O) groups excluding carboxylic acids is 3. The minimum Gasteiger partial charge on any atom is -0.454 e. The van der Waals surface area contributed by atoms with Crippen molar-refractivity contribution in [1.82, 2.24) is 20.2 Å². The van der Waals surface area contributed by atoms with Gasteiger partial charge < -0.3 is 14.8 Å². The molecule has 0 spiro atoms. The van der Waals surface area contributed by atoms with Crippen LogP contribution in [0.15, 0.2) is 41.7 Å². The fraction of sp³-hybridized carbons (Fsp3) is 0.167. The van der Waals surface area contributed by atoms with Gasteiger partial charge in [-0.25, -0.2) is 4.98 Å². The van der Waals surface area contributed by atoms with Gasteiger partial charge in [0.2, 0.25) is 6.79 Å². The molecule has 0 radical (unpaired) electrons. The number of imide groups is 1. The average molecular weight is 398 g/mol. The molecule has 1 N–H and O–H groups in total. The van der Waals surface area contributed by atoms with Crippen LogP contribution in [0.4, 0.5) is 4.79 Å². The summed E-state index contributed by atoms with van der Waals surface area (Å²) in [6.07, 6.45) is 5.84. The maximum absolute atomic E-state index is 12.5. The number of rotatable bonds is 5. The second-order valence-corrected chi connectivity index (χ2v) is 6.79. The van der Waals surface area contributed by atoms with E-state index < -0.39 is 11.8 Å². The van der Waals surface area contributed by atoms with Crippen LogP contribution in [0.25, 0.3) is 6.08 Å². The van der Waals surface area contributed by atoms with Gasteiger partial charge in [0.15, 0.2) is 11.5 Å². The monoisotopic (exact) mass is 398 g/mol. The fourth-order valence-electron chi connectivity index (χ4n) is 2.64. The van der Waals surface area contributed by atoms with Gasteiger partial charge in [0.25, 0.3) is 17.1 Å². The zero-order valence-corrected chi connectivity index (χ0v) is 15.3. The highest BCUT2D eigenvalue weighted by Crippen LogP contribution is 2.36. The molecule has 0 atom stereocenters. The molecule has 2 aliphatic rings. The first-order valence-corrected chi connectivity index (χ1v) is 9.13. The Labute approximate surface area is 163 Å². The summed E-state index contributed by atoms with van der Waals surface area (Å²) in [4.78, 5) is 45.7. The number of fused-ring (bicyclic) bond motifs is 1. The average Bonchev–Trinajstić information content (AvgIpc) is 3.28. The van der Waals surface area contributed by atoms with Gasteiger partial charge in [0, 0.05) is 25.5 Å². The zero-order chi connectivity index (χ0) is 19.5. The van der Waals surface area contributed by atoms with Crippen molar-refractivity contribution >= 4 is 34.9 Å². The minimum absolute atomic E-state index is 0.0646. The Morgan fingerprint density at radius 3 is 2.93 bits per heavy atom. The van der Waals surface area contributed by atoms with Gasteiger partial charge in [-0.1, -0.05) is 6.07 Å². The number of thioether (sulfide) groups is 1. The van der Waals surface area contributed by atoms with Crippen LogP contribution in [0.1, 0.15) is 16.1 Å². The Morgan fingerprint density at radius 2 is 2.11 bits per heavy atom. The smallest absolute Gasteiger partial charge is 0.293 e. The van der Waals surface area contributed by atoms with Gasteiger partial charge in [-0.15, -0.1) is 0 Å². The molecular formula is C18H14N4O5S. The number of benzene rings is 1. The predicted molar refractivity (Wildman–Crippen MR) is 99.6 cm³/mol. The first-order chi connectivity index (χ1) is 13.6. The van der Waals surface area contributed by atoms with Gasteiger partial charge in [-0.3, -0.25) is 24.3 Å². The van der Waals surface area contributed by atoms with E-state index in [1.807, 2.05) is 0 Å². The molecule has 1 fully saturated rings. The summed E-state index contributed by atoms with van der Waals surface area (Å²) in [5.74, 6) is 0.418. The molecule has 9 nitrogen and oxygen atoms in total. The summed E-state index contributed by atoms with van der Waals surface area (Å²) in [5.41, 5.74) is 0.894. The van der Waals surface area contributed by atoms with E-state index in [2.05, 4.69) is 15.3 Å². The maximum atomic E-state index is 12.5. The number of aromatic nitrogens is 2. The number of hydrogen-bond donors (Lipinski definition) is 1. The highest BCUT2D eigenvalue weighted by Gasteiger charge is 2.34. The van der Waals surface area contributed by atoms with Crippen LogP contribution in [0, 0.1) is 0 Å². The molecule has 1 saturated heterocycles. The molecule has 3 heterocycles. The van der Waals surface area contributed by atoms with Crippen molar-refractivity contribution in [3.8, 4) is 11.5 Å². The van der Waals surface area contributed by atoms with Gasteiger partial charge >= 0.3 is 0 Å².